The van der Waals surface area contributed by atoms with Crippen LogP contribution < -0.4 is 5.32 Å². The molecule has 1 aliphatic rings. The van der Waals surface area contributed by atoms with Gasteiger partial charge in [0.1, 0.15) is 0 Å². The molecular weight excluding hydrogens is 267 g/mol. The molecular formula is C14H20F3N3. The van der Waals surface area contributed by atoms with Gasteiger partial charge >= 0.3 is 6.18 Å². The molecule has 1 saturated heterocycles. The van der Waals surface area contributed by atoms with Crippen molar-refractivity contribution in [1.82, 2.24) is 9.88 Å². The van der Waals surface area contributed by atoms with Crippen molar-refractivity contribution in [2.45, 2.75) is 38.4 Å². The van der Waals surface area contributed by atoms with E-state index < -0.39 is 12.7 Å². The van der Waals surface area contributed by atoms with Gasteiger partial charge in [-0.1, -0.05) is 6.92 Å². The average Bonchev–Trinajstić information content (AvgIpc) is 2.40. The van der Waals surface area contributed by atoms with Crippen LogP contribution in [0.3, 0.4) is 0 Å². The second kappa shape index (κ2) is 6.43. The highest BCUT2D eigenvalue weighted by molar-refractivity contribution is 5.43. The van der Waals surface area contributed by atoms with Crippen LogP contribution in [0.4, 0.5) is 18.9 Å². The number of anilines is 1. The summed E-state index contributed by atoms with van der Waals surface area (Å²) in [5.41, 5.74) is 2.11. The van der Waals surface area contributed by atoms with Crippen molar-refractivity contribution in [1.29, 1.82) is 0 Å². The molecule has 0 spiro atoms. The Morgan fingerprint density at radius 1 is 1.30 bits per heavy atom. The smallest absolute Gasteiger partial charge is 0.381 e. The number of aryl methyl sites for hydroxylation is 1. The van der Waals surface area contributed by atoms with Crippen LogP contribution in [-0.2, 0) is 6.42 Å². The molecule has 3 nitrogen and oxygen atoms in total. The number of nitrogens with zero attached hydrogens (tertiary/aromatic N) is 2. The van der Waals surface area contributed by atoms with Gasteiger partial charge in [-0.05, 0) is 30.9 Å². The summed E-state index contributed by atoms with van der Waals surface area (Å²) in [6, 6.07) is 2.28. The van der Waals surface area contributed by atoms with Crippen molar-refractivity contribution in [3.63, 3.8) is 0 Å². The summed E-state index contributed by atoms with van der Waals surface area (Å²) in [7, 11) is 0. The number of rotatable bonds is 4. The van der Waals surface area contributed by atoms with Crippen molar-refractivity contribution in [2.75, 3.05) is 25.0 Å². The molecule has 0 aliphatic carbocycles. The lowest BCUT2D eigenvalue weighted by molar-refractivity contribution is -0.147. The normalized spacial score (nSPS) is 18.2. The predicted octanol–water partition coefficient (Wildman–Crippen LogP) is 3.08. The highest BCUT2D eigenvalue weighted by atomic mass is 19.4. The van der Waals surface area contributed by atoms with Crippen LogP contribution in [0.2, 0.25) is 0 Å². The number of alkyl halides is 3. The van der Waals surface area contributed by atoms with Crippen molar-refractivity contribution in [2.24, 2.45) is 0 Å². The number of hydrogen-bond acceptors (Lipinski definition) is 3. The van der Waals surface area contributed by atoms with E-state index in [-0.39, 0.29) is 6.04 Å². The molecule has 0 radical (unpaired) electrons. The predicted molar refractivity (Wildman–Crippen MR) is 72.8 cm³/mol. The molecule has 1 aromatic rings. The number of pyridine rings is 1. The summed E-state index contributed by atoms with van der Waals surface area (Å²) in [4.78, 5) is 5.63. The minimum Gasteiger partial charge on any atom is -0.381 e. The first-order valence-corrected chi connectivity index (χ1v) is 6.96. The molecule has 0 unspecified atom stereocenters. The van der Waals surface area contributed by atoms with Crippen LogP contribution >= 0.6 is 0 Å². The Morgan fingerprint density at radius 2 is 2.00 bits per heavy atom. The highest BCUT2D eigenvalue weighted by Gasteiger charge is 2.32. The molecule has 1 aromatic heterocycles. The third-order valence-corrected chi connectivity index (χ3v) is 3.56. The lowest BCUT2D eigenvalue weighted by Crippen LogP contribution is -2.43. The van der Waals surface area contributed by atoms with E-state index in [1.807, 2.05) is 6.20 Å². The fourth-order valence-corrected chi connectivity index (χ4v) is 2.48. The van der Waals surface area contributed by atoms with Crippen LogP contribution in [0.5, 0.6) is 0 Å². The quantitative estimate of drug-likeness (QED) is 0.922. The Bertz CT molecular complexity index is 426. The molecule has 1 aliphatic heterocycles. The minimum absolute atomic E-state index is 0.230. The minimum atomic E-state index is -4.10. The van der Waals surface area contributed by atoms with Gasteiger partial charge < -0.3 is 5.32 Å². The first-order valence-electron chi connectivity index (χ1n) is 6.96. The first kappa shape index (κ1) is 15.1. The van der Waals surface area contributed by atoms with Crippen molar-refractivity contribution < 1.29 is 13.2 Å². The van der Waals surface area contributed by atoms with Crippen LogP contribution in [0, 0.1) is 0 Å². The molecule has 0 aromatic carbocycles. The average molecular weight is 287 g/mol. The monoisotopic (exact) mass is 287 g/mol. The third-order valence-electron chi connectivity index (χ3n) is 3.56. The summed E-state index contributed by atoms with van der Waals surface area (Å²) in [5.74, 6) is 0. The number of nitrogens with one attached hydrogen (secondary N) is 1. The van der Waals surface area contributed by atoms with E-state index in [4.69, 9.17) is 0 Å². The zero-order valence-electron chi connectivity index (χ0n) is 11.6. The van der Waals surface area contributed by atoms with Crippen molar-refractivity contribution in [3.8, 4) is 0 Å². The van der Waals surface area contributed by atoms with E-state index in [9.17, 15) is 13.2 Å². The lowest BCUT2D eigenvalue weighted by Gasteiger charge is -2.33. The van der Waals surface area contributed by atoms with Crippen LogP contribution in [0.25, 0.3) is 0 Å². The van der Waals surface area contributed by atoms with Crippen LogP contribution in [0.1, 0.15) is 25.3 Å². The van der Waals surface area contributed by atoms with Gasteiger partial charge in [-0.15, -0.1) is 0 Å². The zero-order chi connectivity index (χ0) is 14.6. The summed E-state index contributed by atoms with van der Waals surface area (Å²) in [6.07, 6.45) is 1.88. The summed E-state index contributed by atoms with van der Waals surface area (Å²) in [6.45, 7) is 2.24. The van der Waals surface area contributed by atoms with E-state index in [2.05, 4.69) is 23.3 Å². The standard InChI is InChI=1S/C14H20F3N3/c1-2-11-7-13(9-18-8-11)19-12-3-5-20(6-4-12)10-14(15,16)17/h7-9,12,19H,2-6,10H2,1H3. The molecule has 20 heavy (non-hydrogen) atoms. The second-order valence-corrected chi connectivity index (χ2v) is 5.25. The Morgan fingerprint density at radius 3 is 2.60 bits per heavy atom. The maximum atomic E-state index is 12.3. The molecule has 0 amide bonds. The SMILES string of the molecule is CCc1cncc(NC2CCN(CC(F)(F)F)CC2)c1. The van der Waals surface area contributed by atoms with E-state index in [0.29, 0.717) is 13.1 Å². The summed E-state index contributed by atoms with van der Waals surface area (Å²) < 4.78 is 36.9. The van der Waals surface area contributed by atoms with Gasteiger partial charge in [0.15, 0.2) is 0 Å². The topological polar surface area (TPSA) is 28.2 Å². The van der Waals surface area contributed by atoms with Gasteiger partial charge in [0, 0.05) is 31.5 Å². The molecule has 0 atom stereocenters. The number of aromatic nitrogens is 1. The molecule has 2 heterocycles. The number of hydrogen-bond donors (Lipinski definition) is 1. The fourth-order valence-electron chi connectivity index (χ4n) is 2.48. The first-order chi connectivity index (χ1) is 9.46. The Kier molecular flexibility index (Phi) is 4.86. The van der Waals surface area contributed by atoms with Gasteiger partial charge in [0.05, 0.1) is 12.2 Å². The molecule has 0 bridgehead atoms. The van der Waals surface area contributed by atoms with Crippen LogP contribution in [0.15, 0.2) is 18.5 Å². The zero-order valence-corrected chi connectivity index (χ0v) is 11.6. The Balaban J connectivity index is 1.82. The highest BCUT2D eigenvalue weighted by Crippen LogP contribution is 2.21. The van der Waals surface area contributed by atoms with Gasteiger partial charge in [0.25, 0.3) is 0 Å². The van der Waals surface area contributed by atoms with Gasteiger partial charge in [-0.2, -0.15) is 13.2 Å². The maximum absolute atomic E-state index is 12.3. The molecule has 1 N–H and O–H groups in total. The van der Waals surface area contributed by atoms with Crippen molar-refractivity contribution in [3.05, 3.63) is 24.0 Å². The summed E-state index contributed by atoms with van der Waals surface area (Å²) >= 11 is 0. The lowest BCUT2D eigenvalue weighted by atomic mass is 10.0. The molecule has 0 saturated carbocycles. The van der Waals surface area contributed by atoms with E-state index in [1.54, 1.807) is 6.20 Å². The Hall–Kier alpha value is -1.30. The summed E-state index contributed by atoms with van der Waals surface area (Å²) in [5, 5.41) is 3.37. The van der Waals surface area contributed by atoms with Crippen LogP contribution in [-0.4, -0.2) is 41.7 Å². The number of piperidine rings is 1. The van der Waals surface area contributed by atoms with E-state index in [1.165, 1.54) is 4.90 Å². The second-order valence-electron chi connectivity index (χ2n) is 5.25. The number of halogens is 3. The molecule has 2 rings (SSSR count). The molecule has 1 fully saturated rings. The largest absolute Gasteiger partial charge is 0.401 e. The van der Waals surface area contributed by atoms with Gasteiger partial charge in [0.2, 0.25) is 0 Å². The molecule has 112 valence electrons. The number of likely N-dealkylation sites (tertiary alicyclic amines) is 1. The van der Waals surface area contributed by atoms with Gasteiger partial charge in [-0.25, -0.2) is 0 Å². The van der Waals surface area contributed by atoms with Gasteiger partial charge in [-0.3, -0.25) is 9.88 Å². The Labute approximate surface area is 117 Å². The van der Waals surface area contributed by atoms with E-state index in [0.717, 1.165) is 30.5 Å². The maximum Gasteiger partial charge on any atom is 0.401 e. The fraction of sp³-hybridized carbons (Fsp3) is 0.643. The third kappa shape index (κ3) is 4.67. The van der Waals surface area contributed by atoms with Crippen molar-refractivity contribution >= 4 is 5.69 Å². The van der Waals surface area contributed by atoms with E-state index >= 15 is 0 Å². The molecule has 6 heteroatoms.